The molecule has 0 aliphatic rings. The summed E-state index contributed by atoms with van der Waals surface area (Å²) in [7, 11) is -0.414. The van der Waals surface area contributed by atoms with Gasteiger partial charge in [0.15, 0.2) is 0 Å². The molecule has 1 aromatic rings. The van der Waals surface area contributed by atoms with Gasteiger partial charge in [-0.15, -0.1) is 0 Å². The average Bonchev–Trinajstić information content (AvgIpc) is 2.02. The molecule has 0 atom stereocenters. The lowest BCUT2D eigenvalue weighted by Gasteiger charge is -2.12. The maximum Gasteiger partial charge on any atom is 0.357 e. The fraction of sp³-hybridized carbons (Fsp3) is 0.250. The minimum atomic E-state index is -4.17. The average molecular weight is 216 g/mol. The van der Waals surface area contributed by atoms with Crippen LogP contribution in [0.1, 0.15) is 0 Å². The monoisotopic (exact) mass is 216 g/mol. The summed E-state index contributed by atoms with van der Waals surface area (Å²) in [5.74, 6) is 0. The smallest absolute Gasteiger partial charge is 0.357 e. The van der Waals surface area contributed by atoms with Crippen molar-refractivity contribution < 1.29 is 13.0 Å². The van der Waals surface area contributed by atoms with Crippen molar-refractivity contribution >= 4 is 21.7 Å². The lowest BCUT2D eigenvalue weighted by Crippen LogP contribution is -2.11. The van der Waals surface area contributed by atoms with E-state index in [0.29, 0.717) is 5.69 Å². The van der Waals surface area contributed by atoms with Crippen molar-refractivity contribution in [3.8, 4) is 0 Å². The first kappa shape index (κ1) is 10.8. The Morgan fingerprint density at radius 1 is 1.21 bits per heavy atom. The van der Waals surface area contributed by atoms with Crippen LogP contribution in [0.4, 0.5) is 11.4 Å². The number of hydrogen-bond donors (Lipinski definition) is 2. The molecule has 0 spiro atoms. The molecule has 5 nitrogen and oxygen atoms in total. The van der Waals surface area contributed by atoms with E-state index in [4.69, 9.17) is 4.55 Å². The number of benzene rings is 1. The predicted molar refractivity (Wildman–Crippen MR) is 55.9 cm³/mol. The third kappa shape index (κ3) is 3.23. The summed E-state index contributed by atoms with van der Waals surface area (Å²) < 4.78 is 31.4. The molecule has 0 fully saturated rings. The first-order valence-electron chi connectivity index (χ1n) is 3.91. The first-order chi connectivity index (χ1) is 6.38. The molecule has 1 rings (SSSR count). The van der Waals surface area contributed by atoms with Crippen LogP contribution < -0.4 is 9.62 Å². The highest BCUT2D eigenvalue weighted by molar-refractivity contribution is 7.87. The fourth-order valence-corrected chi connectivity index (χ4v) is 1.41. The Morgan fingerprint density at radius 2 is 1.71 bits per heavy atom. The third-order valence-corrected chi connectivity index (χ3v) is 2.12. The summed E-state index contributed by atoms with van der Waals surface area (Å²) in [6.45, 7) is 0. The molecule has 0 unspecified atom stereocenters. The van der Waals surface area contributed by atoms with Crippen molar-refractivity contribution in [1.29, 1.82) is 0 Å². The summed E-state index contributed by atoms with van der Waals surface area (Å²) >= 11 is 0. The zero-order valence-corrected chi connectivity index (χ0v) is 8.75. The van der Waals surface area contributed by atoms with Crippen LogP contribution in [0.5, 0.6) is 0 Å². The Morgan fingerprint density at radius 3 is 2.07 bits per heavy atom. The van der Waals surface area contributed by atoms with Gasteiger partial charge in [0.25, 0.3) is 0 Å². The molecular formula is C8H12N2O3S. The SMILES string of the molecule is CN(C)c1ccc(NS(=O)(=O)O)cc1. The fourth-order valence-electron chi connectivity index (χ4n) is 0.977. The number of rotatable bonds is 3. The highest BCUT2D eigenvalue weighted by Gasteiger charge is 2.03. The Labute approximate surface area is 83.2 Å². The van der Waals surface area contributed by atoms with Gasteiger partial charge in [0.1, 0.15) is 0 Å². The molecule has 0 saturated heterocycles. The normalized spacial score (nSPS) is 11.1. The van der Waals surface area contributed by atoms with Crippen molar-refractivity contribution in [1.82, 2.24) is 0 Å². The minimum Gasteiger partial charge on any atom is -0.378 e. The van der Waals surface area contributed by atoms with Crippen LogP contribution in [0.25, 0.3) is 0 Å². The summed E-state index contributed by atoms with van der Waals surface area (Å²) in [6.07, 6.45) is 0. The Balaban J connectivity index is 2.84. The maximum absolute atomic E-state index is 10.5. The van der Waals surface area contributed by atoms with Crippen LogP contribution in [-0.4, -0.2) is 27.1 Å². The largest absolute Gasteiger partial charge is 0.378 e. The molecule has 0 aliphatic carbocycles. The van der Waals surface area contributed by atoms with Gasteiger partial charge >= 0.3 is 10.3 Å². The van der Waals surface area contributed by atoms with Gasteiger partial charge in [0, 0.05) is 19.8 Å². The van der Waals surface area contributed by atoms with E-state index in [1.165, 1.54) is 0 Å². The van der Waals surface area contributed by atoms with Crippen molar-refractivity contribution in [2.45, 2.75) is 0 Å². The zero-order valence-electron chi connectivity index (χ0n) is 7.93. The summed E-state index contributed by atoms with van der Waals surface area (Å²) in [5, 5.41) is 0. The Hall–Kier alpha value is -1.27. The van der Waals surface area contributed by atoms with E-state index in [9.17, 15) is 8.42 Å². The number of nitrogens with one attached hydrogen (secondary N) is 1. The zero-order chi connectivity index (χ0) is 10.8. The lowest BCUT2D eigenvalue weighted by atomic mass is 10.3. The Bertz CT molecular complexity index is 397. The number of anilines is 2. The molecule has 0 radical (unpaired) electrons. The van der Waals surface area contributed by atoms with Crippen LogP contribution in [-0.2, 0) is 10.3 Å². The van der Waals surface area contributed by atoms with Crippen LogP contribution in [0.3, 0.4) is 0 Å². The summed E-state index contributed by atoms with van der Waals surface area (Å²) in [4.78, 5) is 1.89. The predicted octanol–water partition coefficient (Wildman–Crippen LogP) is 0.967. The molecule has 0 aromatic heterocycles. The van der Waals surface area contributed by atoms with Gasteiger partial charge in [-0.3, -0.25) is 9.27 Å². The van der Waals surface area contributed by atoms with Gasteiger partial charge in [-0.25, -0.2) is 0 Å². The molecular weight excluding hydrogens is 204 g/mol. The molecule has 0 amide bonds. The standard InChI is InChI=1S/C8H12N2O3S/c1-10(2)8-5-3-7(4-6-8)9-14(11,12)13/h3-6,9H,1-2H3,(H,11,12,13). The second kappa shape index (κ2) is 3.85. The quantitative estimate of drug-likeness (QED) is 0.738. The highest BCUT2D eigenvalue weighted by atomic mass is 32.2. The minimum absolute atomic E-state index is 0.332. The van der Waals surface area contributed by atoms with E-state index in [-0.39, 0.29) is 0 Å². The second-order valence-corrected chi connectivity index (χ2v) is 4.17. The van der Waals surface area contributed by atoms with Crippen molar-refractivity contribution in [3.05, 3.63) is 24.3 Å². The molecule has 0 bridgehead atoms. The van der Waals surface area contributed by atoms with E-state index < -0.39 is 10.3 Å². The molecule has 6 heteroatoms. The van der Waals surface area contributed by atoms with Crippen LogP contribution >= 0.6 is 0 Å². The Kier molecular flexibility index (Phi) is 2.97. The maximum atomic E-state index is 10.5. The van der Waals surface area contributed by atoms with Crippen LogP contribution in [0.2, 0.25) is 0 Å². The molecule has 0 saturated carbocycles. The van der Waals surface area contributed by atoms with E-state index in [2.05, 4.69) is 0 Å². The van der Waals surface area contributed by atoms with Gasteiger partial charge in [-0.1, -0.05) is 0 Å². The second-order valence-electron chi connectivity index (χ2n) is 3.02. The van der Waals surface area contributed by atoms with Gasteiger partial charge in [-0.2, -0.15) is 8.42 Å². The molecule has 0 aliphatic heterocycles. The van der Waals surface area contributed by atoms with E-state index in [1.54, 1.807) is 24.3 Å². The molecule has 1 aromatic carbocycles. The summed E-state index contributed by atoms with van der Waals surface area (Å²) in [6, 6.07) is 6.63. The molecule has 14 heavy (non-hydrogen) atoms. The van der Waals surface area contributed by atoms with Gasteiger partial charge in [-0.05, 0) is 24.3 Å². The van der Waals surface area contributed by atoms with Gasteiger partial charge in [0.05, 0.1) is 5.69 Å². The van der Waals surface area contributed by atoms with Crippen LogP contribution in [0, 0.1) is 0 Å². The van der Waals surface area contributed by atoms with E-state index in [1.807, 2.05) is 23.7 Å². The first-order valence-corrected chi connectivity index (χ1v) is 5.35. The number of hydrogen-bond acceptors (Lipinski definition) is 3. The van der Waals surface area contributed by atoms with Gasteiger partial charge in [0.2, 0.25) is 0 Å². The summed E-state index contributed by atoms with van der Waals surface area (Å²) in [5.41, 5.74) is 1.28. The molecule has 2 N–H and O–H groups in total. The van der Waals surface area contributed by atoms with Crippen molar-refractivity contribution in [3.63, 3.8) is 0 Å². The molecule has 78 valence electrons. The van der Waals surface area contributed by atoms with Crippen LogP contribution in [0.15, 0.2) is 24.3 Å². The highest BCUT2D eigenvalue weighted by Crippen LogP contribution is 2.15. The van der Waals surface area contributed by atoms with Crippen molar-refractivity contribution in [2.75, 3.05) is 23.7 Å². The third-order valence-electron chi connectivity index (χ3n) is 1.63. The van der Waals surface area contributed by atoms with Crippen molar-refractivity contribution in [2.24, 2.45) is 0 Å². The number of nitrogens with zero attached hydrogens (tertiary/aromatic N) is 1. The van der Waals surface area contributed by atoms with E-state index >= 15 is 0 Å². The molecule has 0 heterocycles. The van der Waals surface area contributed by atoms with E-state index in [0.717, 1.165) is 5.69 Å². The van der Waals surface area contributed by atoms with Gasteiger partial charge < -0.3 is 4.90 Å². The lowest BCUT2D eigenvalue weighted by molar-refractivity contribution is 0.490. The topological polar surface area (TPSA) is 69.6 Å².